The van der Waals surface area contributed by atoms with Crippen LogP contribution in [0.1, 0.15) is 50.3 Å². The van der Waals surface area contributed by atoms with Gasteiger partial charge in [0.05, 0.1) is 11.1 Å². The Balaban J connectivity index is 1.85. The molecule has 1 saturated heterocycles. The van der Waals surface area contributed by atoms with E-state index in [0.717, 1.165) is 19.5 Å². The summed E-state index contributed by atoms with van der Waals surface area (Å²) in [6.45, 7) is 10.1. The van der Waals surface area contributed by atoms with Gasteiger partial charge in [0.2, 0.25) is 0 Å². The third-order valence-corrected chi connectivity index (χ3v) is 4.60. The highest BCUT2D eigenvalue weighted by molar-refractivity contribution is 6.00. The van der Waals surface area contributed by atoms with Gasteiger partial charge in [0.1, 0.15) is 0 Å². The lowest BCUT2D eigenvalue weighted by Crippen LogP contribution is -2.48. The number of hydrogen-bond donors (Lipinski definition) is 2. The van der Waals surface area contributed by atoms with Crippen molar-refractivity contribution in [1.29, 1.82) is 0 Å². The molecule has 2 aromatic rings. The fraction of sp³-hybridized carbons (Fsp3) is 0.526. The summed E-state index contributed by atoms with van der Waals surface area (Å²) >= 11 is 0. The Morgan fingerprint density at radius 3 is 2.76 bits per heavy atom. The second kappa shape index (κ2) is 6.96. The number of benzene rings is 1. The second-order valence-electron chi connectivity index (χ2n) is 7.77. The van der Waals surface area contributed by atoms with E-state index in [1.165, 1.54) is 0 Å². The van der Waals surface area contributed by atoms with E-state index in [0.29, 0.717) is 28.8 Å². The Morgan fingerprint density at radius 1 is 1.32 bits per heavy atom. The molecule has 1 aliphatic rings. The average Bonchev–Trinajstić information content (AvgIpc) is 3.07. The summed E-state index contributed by atoms with van der Waals surface area (Å²) in [7, 11) is 0. The molecule has 134 valence electrons. The number of hydrogen-bond acceptors (Lipinski definition) is 5. The van der Waals surface area contributed by atoms with E-state index in [4.69, 9.17) is 4.52 Å². The molecule has 0 saturated carbocycles. The van der Waals surface area contributed by atoms with Crippen LogP contribution in [0.5, 0.6) is 0 Å². The molecule has 25 heavy (non-hydrogen) atoms. The van der Waals surface area contributed by atoms with Crippen molar-refractivity contribution in [2.24, 2.45) is 5.92 Å². The fourth-order valence-electron chi connectivity index (χ4n) is 2.98. The smallest absolute Gasteiger partial charge is 0.258 e. The van der Waals surface area contributed by atoms with Crippen molar-refractivity contribution in [3.05, 3.63) is 35.7 Å². The SMILES string of the molecule is CC1CNCCC1NC(=O)c1ccccc1-c1nc(C(C)(C)C)no1. The summed E-state index contributed by atoms with van der Waals surface area (Å²) in [5, 5.41) is 10.6. The first-order valence-electron chi connectivity index (χ1n) is 8.81. The zero-order valence-electron chi connectivity index (χ0n) is 15.3. The van der Waals surface area contributed by atoms with Gasteiger partial charge in [-0.25, -0.2) is 0 Å². The molecule has 6 nitrogen and oxygen atoms in total. The molecule has 0 radical (unpaired) electrons. The maximum Gasteiger partial charge on any atom is 0.258 e. The quantitative estimate of drug-likeness (QED) is 0.896. The van der Waals surface area contributed by atoms with E-state index < -0.39 is 0 Å². The van der Waals surface area contributed by atoms with Gasteiger partial charge in [0.25, 0.3) is 11.8 Å². The number of amides is 1. The Bertz CT molecular complexity index is 748. The number of rotatable bonds is 3. The highest BCUT2D eigenvalue weighted by Crippen LogP contribution is 2.26. The number of aromatic nitrogens is 2. The molecule has 1 aromatic heterocycles. The van der Waals surface area contributed by atoms with E-state index in [1.807, 2.05) is 39.0 Å². The van der Waals surface area contributed by atoms with Gasteiger partial charge in [0, 0.05) is 11.5 Å². The van der Waals surface area contributed by atoms with Crippen LogP contribution in [0.25, 0.3) is 11.5 Å². The minimum Gasteiger partial charge on any atom is -0.349 e. The van der Waals surface area contributed by atoms with Crippen LogP contribution in [0.15, 0.2) is 28.8 Å². The number of carbonyl (C=O) groups excluding carboxylic acids is 1. The summed E-state index contributed by atoms with van der Waals surface area (Å²) in [6.07, 6.45) is 0.934. The number of carbonyl (C=O) groups is 1. The average molecular weight is 342 g/mol. The summed E-state index contributed by atoms with van der Waals surface area (Å²) < 4.78 is 5.43. The van der Waals surface area contributed by atoms with Crippen LogP contribution in [-0.4, -0.2) is 35.2 Å². The normalized spacial score (nSPS) is 21.1. The van der Waals surface area contributed by atoms with Crippen LogP contribution in [0.4, 0.5) is 0 Å². The van der Waals surface area contributed by atoms with Gasteiger partial charge in [-0.3, -0.25) is 4.79 Å². The van der Waals surface area contributed by atoms with Gasteiger partial charge < -0.3 is 15.2 Å². The van der Waals surface area contributed by atoms with E-state index >= 15 is 0 Å². The molecule has 0 bridgehead atoms. The number of nitrogens with one attached hydrogen (secondary N) is 2. The lowest BCUT2D eigenvalue weighted by atomic mass is 9.94. The summed E-state index contributed by atoms with van der Waals surface area (Å²) in [6, 6.07) is 7.55. The molecule has 3 rings (SSSR count). The van der Waals surface area contributed by atoms with Crippen LogP contribution in [0.2, 0.25) is 0 Å². The van der Waals surface area contributed by atoms with Crippen LogP contribution in [0.3, 0.4) is 0 Å². The Hall–Kier alpha value is -2.21. The van der Waals surface area contributed by atoms with Crippen molar-refractivity contribution in [3.63, 3.8) is 0 Å². The second-order valence-corrected chi connectivity index (χ2v) is 7.77. The minimum absolute atomic E-state index is 0.0927. The third-order valence-electron chi connectivity index (χ3n) is 4.60. The molecule has 0 aliphatic carbocycles. The maximum atomic E-state index is 12.8. The minimum atomic E-state index is -0.205. The van der Waals surface area contributed by atoms with Crippen molar-refractivity contribution < 1.29 is 9.32 Å². The lowest BCUT2D eigenvalue weighted by Gasteiger charge is -2.30. The topological polar surface area (TPSA) is 80.0 Å². The highest BCUT2D eigenvalue weighted by atomic mass is 16.5. The molecule has 1 amide bonds. The van der Waals surface area contributed by atoms with Gasteiger partial charge in [0.15, 0.2) is 5.82 Å². The van der Waals surface area contributed by atoms with Crippen LogP contribution in [0, 0.1) is 5.92 Å². The Kier molecular flexibility index (Phi) is 4.90. The maximum absolute atomic E-state index is 12.8. The molecule has 2 heterocycles. The molecule has 1 aliphatic heterocycles. The Morgan fingerprint density at radius 2 is 2.08 bits per heavy atom. The first-order valence-corrected chi connectivity index (χ1v) is 8.81. The van der Waals surface area contributed by atoms with Gasteiger partial charge in [-0.05, 0) is 37.6 Å². The fourth-order valence-corrected chi connectivity index (χ4v) is 2.98. The van der Waals surface area contributed by atoms with E-state index in [-0.39, 0.29) is 17.4 Å². The lowest BCUT2D eigenvalue weighted by molar-refractivity contribution is 0.0914. The molecule has 1 aromatic carbocycles. The third kappa shape index (κ3) is 3.90. The van der Waals surface area contributed by atoms with E-state index in [9.17, 15) is 4.79 Å². The molecule has 2 atom stereocenters. The molecule has 6 heteroatoms. The summed E-state index contributed by atoms with van der Waals surface area (Å²) in [4.78, 5) is 17.3. The summed E-state index contributed by atoms with van der Waals surface area (Å²) in [5.74, 6) is 1.32. The monoisotopic (exact) mass is 342 g/mol. The van der Waals surface area contributed by atoms with Crippen molar-refractivity contribution in [1.82, 2.24) is 20.8 Å². The van der Waals surface area contributed by atoms with Gasteiger partial charge in [-0.2, -0.15) is 4.98 Å². The van der Waals surface area contributed by atoms with Crippen molar-refractivity contribution in [2.75, 3.05) is 13.1 Å². The van der Waals surface area contributed by atoms with Crippen molar-refractivity contribution >= 4 is 5.91 Å². The standard InChI is InChI=1S/C19H26N4O2/c1-12-11-20-10-9-15(12)21-16(24)13-7-5-6-8-14(13)17-22-18(23-25-17)19(2,3)4/h5-8,12,15,20H,9-11H2,1-4H3,(H,21,24). The zero-order chi connectivity index (χ0) is 18.0. The molecule has 2 N–H and O–H groups in total. The predicted molar refractivity (Wildman–Crippen MR) is 96.3 cm³/mol. The molecule has 0 spiro atoms. The van der Waals surface area contributed by atoms with Crippen LogP contribution in [-0.2, 0) is 5.41 Å². The van der Waals surface area contributed by atoms with Gasteiger partial charge in [-0.1, -0.05) is 45.0 Å². The first kappa shape index (κ1) is 17.6. The molecule has 1 fully saturated rings. The van der Waals surface area contributed by atoms with Crippen molar-refractivity contribution in [3.8, 4) is 11.5 Å². The molecule has 2 unspecified atom stereocenters. The van der Waals surface area contributed by atoms with Gasteiger partial charge in [-0.15, -0.1) is 0 Å². The first-order chi connectivity index (χ1) is 11.9. The van der Waals surface area contributed by atoms with Crippen LogP contribution < -0.4 is 10.6 Å². The van der Waals surface area contributed by atoms with E-state index in [2.05, 4.69) is 27.7 Å². The zero-order valence-corrected chi connectivity index (χ0v) is 15.3. The van der Waals surface area contributed by atoms with E-state index in [1.54, 1.807) is 6.07 Å². The number of piperidine rings is 1. The predicted octanol–water partition coefficient (Wildman–Crippen LogP) is 2.76. The van der Waals surface area contributed by atoms with Crippen LogP contribution >= 0.6 is 0 Å². The summed E-state index contributed by atoms with van der Waals surface area (Å²) in [5.41, 5.74) is 1.03. The highest BCUT2D eigenvalue weighted by Gasteiger charge is 2.26. The Labute approximate surface area is 148 Å². The number of nitrogens with zero attached hydrogens (tertiary/aromatic N) is 2. The molecular weight excluding hydrogens is 316 g/mol. The largest absolute Gasteiger partial charge is 0.349 e. The van der Waals surface area contributed by atoms with Crippen molar-refractivity contribution in [2.45, 2.75) is 45.6 Å². The van der Waals surface area contributed by atoms with Gasteiger partial charge >= 0.3 is 0 Å². The molecular formula is C19H26N4O2.